The Morgan fingerprint density at radius 2 is 1.48 bits per heavy atom. The van der Waals surface area contributed by atoms with Crippen LogP contribution in [0.4, 0.5) is 0 Å². The molecule has 1 heterocycles. The van der Waals surface area contributed by atoms with E-state index in [0.29, 0.717) is 13.1 Å². The van der Waals surface area contributed by atoms with Gasteiger partial charge in [-0.25, -0.2) is 9.48 Å². The molecule has 4 aromatic rings. The van der Waals surface area contributed by atoms with E-state index in [-0.39, 0.29) is 17.0 Å². The van der Waals surface area contributed by atoms with Crippen molar-refractivity contribution in [2.24, 2.45) is 5.73 Å². The molecule has 2 N–H and O–H groups in total. The Hall–Kier alpha value is -3.93. The van der Waals surface area contributed by atoms with E-state index in [9.17, 15) is 9.59 Å². The minimum atomic E-state index is -0.723. The lowest BCUT2D eigenvalue weighted by Crippen LogP contribution is -2.35. The van der Waals surface area contributed by atoms with E-state index in [1.807, 2.05) is 39.0 Å². The van der Waals surface area contributed by atoms with Crippen molar-refractivity contribution >= 4 is 5.91 Å². The van der Waals surface area contributed by atoms with Crippen molar-refractivity contribution in [3.8, 4) is 11.1 Å². The first-order valence-corrected chi connectivity index (χ1v) is 14.2. The predicted octanol–water partition coefficient (Wildman–Crippen LogP) is 6.02. The Morgan fingerprint density at radius 1 is 0.825 bits per heavy atom. The molecule has 0 saturated carbocycles. The average molecular weight is 539 g/mol. The predicted molar refractivity (Wildman–Crippen MR) is 163 cm³/mol. The number of nitrogens with zero attached hydrogens (tertiary/aromatic N) is 3. The van der Waals surface area contributed by atoms with Crippen molar-refractivity contribution in [2.45, 2.75) is 84.7 Å². The molecule has 0 bridgehead atoms. The number of aromatic nitrogens is 3. The molecular weight excluding hydrogens is 496 g/mol. The molecule has 0 atom stereocenters. The summed E-state index contributed by atoms with van der Waals surface area (Å²) in [5, 5.41) is 4.71. The van der Waals surface area contributed by atoms with Gasteiger partial charge in [-0.15, -0.1) is 0 Å². The third-order valence-corrected chi connectivity index (χ3v) is 7.82. The van der Waals surface area contributed by atoms with E-state index >= 15 is 0 Å². The van der Waals surface area contributed by atoms with Gasteiger partial charge < -0.3 is 5.73 Å². The molecule has 40 heavy (non-hydrogen) atoms. The Bertz CT molecular complexity index is 1520. The molecule has 0 saturated heterocycles. The zero-order valence-corrected chi connectivity index (χ0v) is 24.7. The molecule has 0 spiro atoms. The lowest BCUT2D eigenvalue weighted by Gasteiger charge is -2.21. The van der Waals surface area contributed by atoms with Crippen molar-refractivity contribution in [1.82, 2.24) is 14.3 Å². The highest BCUT2D eigenvalue weighted by Gasteiger charge is 2.27. The highest BCUT2D eigenvalue weighted by atomic mass is 16.2. The van der Waals surface area contributed by atoms with E-state index in [0.717, 1.165) is 47.3 Å². The SMILES string of the molecule is CCn1c(CCCc2ccc(-c3cccc(C(C)(C)C(N)=O)c3)cc2)nn(Cc2ccc(C(C)(C)C)cc2)c1=O. The van der Waals surface area contributed by atoms with Gasteiger partial charge in [0.15, 0.2) is 0 Å². The van der Waals surface area contributed by atoms with E-state index in [1.165, 1.54) is 11.1 Å². The van der Waals surface area contributed by atoms with Gasteiger partial charge in [0.05, 0.1) is 12.0 Å². The van der Waals surface area contributed by atoms with Crippen LogP contribution in [0.2, 0.25) is 0 Å². The number of aryl methyl sites for hydroxylation is 2. The van der Waals surface area contributed by atoms with Gasteiger partial charge in [0.2, 0.25) is 5.91 Å². The first kappa shape index (κ1) is 29.1. The van der Waals surface area contributed by atoms with Gasteiger partial charge in [0.25, 0.3) is 0 Å². The smallest absolute Gasteiger partial charge is 0.346 e. The van der Waals surface area contributed by atoms with E-state index in [4.69, 9.17) is 10.8 Å². The second-order valence-corrected chi connectivity index (χ2v) is 12.2. The van der Waals surface area contributed by atoms with Crippen LogP contribution >= 0.6 is 0 Å². The topological polar surface area (TPSA) is 82.9 Å². The number of carbonyl (C=O) groups excluding carboxylic acids is 1. The molecule has 1 aromatic heterocycles. The Morgan fingerprint density at radius 3 is 2.08 bits per heavy atom. The summed E-state index contributed by atoms with van der Waals surface area (Å²) in [4.78, 5) is 24.9. The van der Waals surface area contributed by atoms with Crippen LogP contribution in [-0.4, -0.2) is 20.3 Å². The van der Waals surface area contributed by atoms with Crippen LogP contribution in [0.3, 0.4) is 0 Å². The summed E-state index contributed by atoms with van der Waals surface area (Å²) in [5.74, 6) is 0.498. The van der Waals surface area contributed by atoms with Gasteiger partial charge in [-0.1, -0.05) is 93.6 Å². The zero-order valence-electron chi connectivity index (χ0n) is 24.7. The minimum absolute atomic E-state index is 0.0523. The molecule has 0 aliphatic carbocycles. The maximum Gasteiger partial charge on any atom is 0.346 e. The molecule has 0 unspecified atom stereocenters. The van der Waals surface area contributed by atoms with Gasteiger partial charge in [-0.3, -0.25) is 9.36 Å². The zero-order chi connectivity index (χ0) is 29.1. The van der Waals surface area contributed by atoms with Crippen molar-refractivity contribution in [1.29, 1.82) is 0 Å². The maximum atomic E-state index is 13.0. The van der Waals surface area contributed by atoms with E-state index in [1.54, 1.807) is 9.25 Å². The summed E-state index contributed by atoms with van der Waals surface area (Å²) in [5.41, 5.74) is 11.6. The number of benzene rings is 3. The normalized spacial score (nSPS) is 12.1. The fourth-order valence-corrected chi connectivity index (χ4v) is 4.92. The molecular formula is C34H42N4O2. The molecule has 6 heteroatoms. The van der Waals surface area contributed by atoms with Crippen LogP contribution in [0.1, 0.15) is 76.0 Å². The Kier molecular flexibility index (Phi) is 8.48. The van der Waals surface area contributed by atoms with E-state index in [2.05, 4.69) is 75.4 Å². The number of hydrogen-bond donors (Lipinski definition) is 1. The van der Waals surface area contributed by atoms with Crippen molar-refractivity contribution in [2.75, 3.05) is 0 Å². The standard InChI is InChI=1S/C34H42N4O2/c1-7-37-30(36-38(32(37)40)23-25-16-20-28(21-17-25)33(2,3)4)13-8-10-24-14-18-26(19-15-24)27-11-9-12-29(22-27)34(5,6)31(35)39/h9,11-12,14-22H,7-8,10,13,23H2,1-6H3,(H2,35,39). The summed E-state index contributed by atoms with van der Waals surface area (Å²) < 4.78 is 3.38. The number of amides is 1. The van der Waals surface area contributed by atoms with Crippen LogP contribution in [0, 0.1) is 0 Å². The van der Waals surface area contributed by atoms with Gasteiger partial charge in [0, 0.05) is 13.0 Å². The number of primary amides is 1. The third kappa shape index (κ3) is 6.44. The van der Waals surface area contributed by atoms with Gasteiger partial charge >= 0.3 is 5.69 Å². The molecule has 6 nitrogen and oxygen atoms in total. The summed E-state index contributed by atoms with van der Waals surface area (Å²) in [7, 11) is 0. The summed E-state index contributed by atoms with van der Waals surface area (Å²) in [6, 6.07) is 25.0. The summed E-state index contributed by atoms with van der Waals surface area (Å²) in [6.45, 7) is 13.4. The maximum absolute atomic E-state index is 13.0. The monoisotopic (exact) mass is 538 g/mol. The number of rotatable bonds is 10. The van der Waals surface area contributed by atoms with Gasteiger partial charge in [0.1, 0.15) is 5.82 Å². The Balaban J connectivity index is 1.40. The molecule has 0 radical (unpaired) electrons. The molecule has 3 aromatic carbocycles. The number of hydrogen-bond acceptors (Lipinski definition) is 3. The average Bonchev–Trinajstić information content (AvgIpc) is 3.22. The molecule has 0 aliphatic rings. The van der Waals surface area contributed by atoms with Crippen LogP contribution in [-0.2, 0) is 41.6 Å². The van der Waals surface area contributed by atoms with Crippen molar-refractivity contribution in [3.63, 3.8) is 0 Å². The first-order chi connectivity index (χ1) is 18.9. The van der Waals surface area contributed by atoms with Crippen molar-refractivity contribution < 1.29 is 4.79 Å². The van der Waals surface area contributed by atoms with Gasteiger partial charge in [-0.2, -0.15) is 5.10 Å². The quantitative estimate of drug-likeness (QED) is 0.268. The van der Waals surface area contributed by atoms with Crippen molar-refractivity contribution in [3.05, 3.63) is 111 Å². The van der Waals surface area contributed by atoms with Crippen LogP contribution < -0.4 is 11.4 Å². The molecule has 1 amide bonds. The lowest BCUT2D eigenvalue weighted by atomic mass is 9.82. The highest BCUT2D eigenvalue weighted by Crippen LogP contribution is 2.28. The minimum Gasteiger partial charge on any atom is -0.369 e. The second kappa shape index (κ2) is 11.7. The first-order valence-electron chi connectivity index (χ1n) is 14.2. The number of carbonyl (C=O) groups is 1. The van der Waals surface area contributed by atoms with Crippen LogP contribution in [0.5, 0.6) is 0 Å². The second-order valence-electron chi connectivity index (χ2n) is 12.2. The van der Waals surface area contributed by atoms with Crippen LogP contribution in [0.25, 0.3) is 11.1 Å². The van der Waals surface area contributed by atoms with Crippen LogP contribution in [0.15, 0.2) is 77.6 Å². The molecule has 210 valence electrons. The fourth-order valence-electron chi connectivity index (χ4n) is 4.92. The largest absolute Gasteiger partial charge is 0.369 e. The molecule has 0 aliphatic heterocycles. The van der Waals surface area contributed by atoms with Gasteiger partial charge in [-0.05, 0) is 72.4 Å². The number of nitrogens with two attached hydrogens (primary N) is 1. The molecule has 0 fully saturated rings. The third-order valence-electron chi connectivity index (χ3n) is 7.82. The fraction of sp³-hybridized carbons (Fsp3) is 0.382. The lowest BCUT2D eigenvalue weighted by molar-refractivity contribution is -0.122. The Labute approximate surface area is 237 Å². The summed E-state index contributed by atoms with van der Waals surface area (Å²) in [6.07, 6.45) is 2.54. The summed E-state index contributed by atoms with van der Waals surface area (Å²) >= 11 is 0. The molecule has 4 rings (SSSR count). The highest BCUT2D eigenvalue weighted by molar-refractivity contribution is 5.86. The van der Waals surface area contributed by atoms with E-state index < -0.39 is 5.41 Å².